The molecule has 0 unspecified atom stereocenters. The van der Waals surface area contributed by atoms with E-state index in [4.69, 9.17) is 0 Å². The third-order valence-electron chi connectivity index (χ3n) is 1.82. The summed E-state index contributed by atoms with van der Waals surface area (Å²) in [5, 5.41) is 4.05. The van der Waals surface area contributed by atoms with E-state index < -0.39 is 18.8 Å². The molecule has 0 aromatic heterocycles. The molecule has 0 spiro atoms. The second-order valence-corrected chi connectivity index (χ2v) is 4.19. The Kier molecular flexibility index (Phi) is 4.80. The van der Waals surface area contributed by atoms with Crippen molar-refractivity contribution in [2.24, 2.45) is 0 Å². The number of urea groups is 1. The molecule has 0 aliphatic rings. The maximum absolute atomic E-state index is 11.8. The van der Waals surface area contributed by atoms with Gasteiger partial charge in [-0.2, -0.15) is 13.2 Å². The second kappa shape index (κ2) is 5.90. The summed E-state index contributed by atoms with van der Waals surface area (Å²) in [4.78, 5) is 11.0. The quantitative estimate of drug-likeness (QED) is 0.885. The first-order valence-corrected chi connectivity index (χ1v) is 5.49. The van der Waals surface area contributed by atoms with Gasteiger partial charge in [-0.05, 0) is 17.7 Å². The van der Waals surface area contributed by atoms with Crippen molar-refractivity contribution in [3.63, 3.8) is 0 Å². The molecule has 94 valence electrons. The molecule has 0 saturated heterocycles. The summed E-state index contributed by atoms with van der Waals surface area (Å²) in [7, 11) is 0. The van der Waals surface area contributed by atoms with Crippen molar-refractivity contribution in [2.75, 3.05) is 6.54 Å². The molecule has 0 fully saturated rings. The van der Waals surface area contributed by atoms with Crippen LogP contribution in [0.2, 0.25) is 0 Å². The van der Waals surface area contributed by atoms with E-state index in [1.54, 1.807) is 29.6 Å². The van der Waals surface area contributed by atoms with E-state index in [0.29, 0.717) is 0 Å². The predicted octanol–water partition coefficient (Wildman–Crippen LogP) is 2.81. The Labute approximate surface area is 105 Å². The zero-order valence-corrected chi connectivity index (χ0v) is 10.2. The van der Waals surface area contributed by atoms with Crippen LogP contribution in [0.4, 0.5) is 18.0 Å². The van der Waals surface area contributed by atoms with Gasteiger partial charge in [-0.1, -0.05) is 28.1 Å². The Morgan fingerprint density at radius 1 is 1.18 bits per heavy atom. The van der Waals surface area contributed by atoms with Crippen molar-refractivity contribution < 1.29 is 18.0 Å². The van der Waals surface area contributed by atoms with Crippen LogP contribution >= 0.6 is 15.9 Å². The van der Waals surface area contributed by atoms with Gasteiger partial charge in [0.1, 0.15) is 6.54 Å². The second-order valence-electron chi connectivity index (χ2n) is 3.28. The molecule has 0 aliphatic carbocycles. The smallest absolute Gasteiger partial charge is 0.334 e. The summed E-state index contributed by atoms with van der Waals surface area (Å²) in [5.74, 6) is 0. The zero-order valence-electron chi connectivity index (χ0n) is 8.64. The van der Waals surface area contributed by atoms with Gasteiger partial charge in [0, 0.05) is 11.0 Å². The SMILES string of the molecule is O=C(NCc1ccc(Br)cc1)NCC(F)(F)F. The first-order chi connectivity index (χ1) is 7.87. The van der Waals surface area contributed by atoms with Gasteiger partial charge < -0.3 is 10.6 Å². The van der Waals surface area contributed by atoms with Crippen LogP contribution in [0.1, 0.15) is 5.56 Å². The maximum Gasteiger partial charge on any atom is 0.405 e. The van der Waals surface area contributed by atoms with Gasteiger partial charge in [-0.15, -0.1) is 0 Å². The molecular formula is C10H10BrF3N2O. The molecule has 7 heteroatoms. The van der Waals surface area contributed by atoms with Gasteiger partial charge in [-0.3, -0.25) is 0 Å². The molecule has 2 amide bonds. The van der Waals surface area contributed by atoms with Crippen LogP contribution in [0.25, 0.3) is 0 Å². The summed E-state index contributed by atoms with van der Waals surface area (Å²) in [5.41, 5.74) is 0.801. The topological polar surface area (TPSA) is 41.1 Å². The third-order valence-corrected chi connectivity index (χ3v) is 2.34. The number of benzene rings is 1. The van der Waals surface area contributed by atoms with Crippen LogP contribution in [0.15, 0.2) is 28.7 Å². The van der Waals surface area contributed by atoms with Crippen LogP contribution in [0.5, 0.6) is 0 Å². The van der Waals surface area contributed by atoms with E-state index in [1.807, 2.05) is 0 Å². The highest BCUT2D eigenvalue weighted by molar-refractivity contribution is 9.10. The fourth-order valence-corrected chi connectivity index (χ4v) is 1.29. The van der Waals surface area contributed by atoms with Crippen LogP contribution in [0, 0.1) is 0 Å². The minimum Gasteiger partial charge on any atom is -0.334 e. The highest BCUT2D eigenvalue weighted by Gasteiger charge is 2.27. The maximum atomic E-state index is 11.8. The van der Waals surface area contributed by atoms with E-state index in [1.165, 1.54) is 0 Å². The molecule has 2 N–H and O–H groups in total. The van der Waals surface area contributed by atoms with Crippen molar-refractivity contribution in [3.8, 4) is 0 Å². The standard InChI is InChI=1S/C10H10BrF3N2O/c11-8-3-1-7(2-4-8)5-15-9(17)16-6-10(12,13)14/h1-4H,5-6H2,(H2,15,16,17). The van der Waals surface area contributed by atoms with Gasteiger partial charge in [0.25, 0.3) is 0 Å². The molecule has 0 radical (unpaired) electrons. The molecule has 0 aliphatic heterocycles. The van der Waals surface area contributed by atoms with Crippen LogP contribution in [-0.2, 0) is 6.54 Å². The molecule has 1 aromatic carbocycles. The van der Waals surface area contributed by atoms with Crippen molar-refractivity contribution in [1.82, 2.24) is 10.6 Å². The summed E-state index contributed by atoms with van der Waals surface area (Å²) < 4.78 is 36.2. The molecule has 1 rings (SSSR count). The number of carbonyl (C=O) groups is 1. The Hall–Kier alpha value is -1.24. The fraction of sp³-hybridized carbons (Fsp3) is 0.300. The lowest BCUT2D eigenvalue weighted by atomic mass is 10.2. The summed E-state index contributed by atoms with van der Waals surface area (Å²) in [6.07, 6.45) is -4.39. The van der Waals surface area contributed by atoms with E-state index >= 15 is 0 Å². The van der Waals surface area contributed by atoms with Crippen molar-refractivity contribution in [3.05, 3.63) is 34.3 Å². The molecule has 0 saturated carbocycles. The molecule has 0 bridgehead atoms. The average Bonchev–Trinajstić information content (AvgIpc) is 2.25. The van der Waals surface area contributed by atoms with Gasteiger partial charge in [0.15, 0.2) is 0 Å². The lowest BCUT2D eigenvalue weighted by Crippen LogP contribution is -2.40. The zero-order chi connectivity index (χ0) is 12.9. The summed E-state index contributed by atoms with van der Waals surface area (Å²) in [6, 6.07) is 6.24. The van der Waals surface area contributed by atoms with Gasteiger partial charge in [0.05, 0.1) is 0 Å². The molecule has 3 nitrogen and oxygen atoms in total. The minimum absolute atomic E-state index is 0.178. The fourth-order valence-electron chi connectivity index (χ4n) is 1.03. The average molecular weight is 311 g/mol. The largest absolute Gasteiger partial charge is 0.405 e. The normalized spacial score (nSPS) is 11.1. The predicted molar refractivity (Wildman–Crippen MR) is 60.4 cm³/mol. The van der Waals surface area contributed by atoms with Crippen molar-refractivity contribution >= 4 is 22.0 Å². The molecular weight excluding hydrogens is 301 g/mol. The lowest BCUT2D eigenvalue weighted by Gasteiger charge is -2.09. The number of rotatable bonds is 3. The van der Waals surface area contributed by atoms with Crippen LogP contribution < -0.4 is 10.6 Å². The minimum atomic E-state index is -4.39. The lowest BCUT2D eigenvalue weighted by molar-refractivity contribution is -0.122. The molecule has 1 aromatic rings. The Bertz CT molecular complexity index is 378. The van der Waals surface area contributed by atoms with E-state index in [0.717, 1.165) is 10.0 Å². The number of amides is 2. The van der Waals surface area contributed by atoms with Crippen LogP contribution in [-0.4, -0.2) is 18.8 Å². The summed E-state index contributed by atoms with van der Waals surface area (Å²) >= 11 is 3.25. The Morgan fingerprint density at radius 3 is 2.29 bits per heavy atom. The highest BCUT2D eigenvalue weighted by Crippen LogP contribution is 2.12. The van der Waals surface area contributed by atoms with Gasteiger partial charge >= 0.3 is 12.2 Å². The van der Waals surface area contributed by atoms with E-state index in [2.05, 4.69) is 21.2 Å². The molecule has 0 atom stereocenters. The molecule has 0 heterocycles. The van der Waals surface area contributed by atoms with Gasteiger partial charge in [-0.25, -0.2) is 4.79 Å². The van der Waals surface area contributed by atoms with Crippen molar-refractivity contribution in [1.29, 1.82) is 0 Å². The Balaban J connectivity index is 2.31. The number of hydrogen-bond donors (Lipinski definition) is 2. The van der Waals surface area contributed by atoms with E-state index in [-0.39, 0.29) is 6.54 Å². The highest BCUT2D eigenvalue weighted by atomic mass is 79.9. The number of halogens is 4. The number of alkyl halides is 3. The van der Waals surface area contributed by atoms with Gasteiger partial charge in [0.2, 0.25) is 0 Å². The monoisotopic (exact) mass is 310 g/mol. The third kappa shape index (κ3) is 6.15. The Morgan fingerprint density at radius 2 is 1.76 bits per heavy atom. The number of nitrogens with one attached hydrogen (secondary N) is 2. The molecule has 17 heavy (non-hydrogen) atoms. The van der Waals surface area contributed by atoms with Crippen LogP contribution in [0.3, 0.4) is 0 Å². The van der Waals surface area contributed by atoms with E-state index in [9.17, 15) is 18.0 Å². The number of carbonyl (C=O) groups excluding carboxylic acids is 1. The van der Waals surface area contributed by atoms with Crippen molar-refractivity contribution in [2.45, 2.75) is 12.7 Å². The summed E-state index contributed by atoms with van der Waals surface area (Å²) in [6.45, 7) is -1.16. The first kappa shape index (κ1) is 13.8. The number of hydrogen-bond acceptors (Lipinski definition) is 1. The first-order valence-electron chi connectivity index (χ1n) is 4.70.